The molecule has 2 N–H and O–H groups in total. The number of piperidine rings is 1. The SMILES string of the molecule is CC(C)(C)[C@H](NC(=O)c1nn(-c2ccc(F)c(F)c2)c2c1COCC2)C(=O)N1CCC(CO)CC1. The first-order valence-corrected chi connectivity index (χ1v) is 11.9. The predicted octanol–water partition coefficient (Wildman–Crippen LogP) is 2.60. The van der Waals surface area contributed by atoms with Gasteiger partial charge in [-0.05, 0) is 36.3 Å². The standard InChI is InChI=1S/C25H32F2N4O4/c1-25(2,3)22(24(34)30-9-6-15(13-32)7-10-30)28-23(33)21-17-14-35-11-8-20(17)31(29-21)16-4-5-18(26)19(27)12-16/h4-5,12,15,22,32H,6-11,13-14H2,1-3H3,(H,28,33)/t22-/m1/s1. The van der Waals surface area contributed by atoms with Gasteiger partial charge in [0.15, 0.2) is 17.3 Å². The Kier molecular flexibility index (Phi) is 7.23. The van der Waals surface area contributed by atoms with E-state index in [1.165, 1.54) is 10.7 Å². The van der Waals surface area contributed by atoms with Crippen molar-refractivity contribution in [2.45, 2.75) is 52.7 Å². The highest BCUT2D eigenvalue weighted by molar-refractivity contribution is 5.97. The van der Waals surface area contributed by atoms with E-state index >= 15 is 0 Å². The molecule has 0 spiro atoms. The fourth-order valence-corrected chi connectivity index (χ4v) is 4.62. The summed E-state index contributed by atoms with van der Waals surface area (Å²) in [6.45, 7) is 7.38. The quantitative estimate of drug-likeness (QED) is 0.672. The third-order valence-corrected chi connectivity index (χ3v) is 6.76. The Labute approximate surface area is 203 Å². The van der Waals surface area contributed by atoms with Crippen LogP contribution in [0.1, 0.15) is 55.4 Å². The number of hydrogen-bond donors (Lipinski definition) is 2. The number of ether oxygens (including phenoxy) is 1. The summed E-state index contributed by atoms with van der Waals surface area (Å²) < 4.78 is 34.4. The number of aromatic nitrogens is 2. The van der Waals surface area contributed by atoms with Gasteiger partial charge in [0.2, 0.25) is 5.91 Å². The predicted molar refractivity (Wildman–Crippen MR) is 124 cm³/mol. The normalized spacial score (nSPS) is 17.7. The van der Waals surface area contributed by atoms with Gasteiger partial charge in [0.25, 0.3) is 5.91 Å². The molecule has 10 heteroatoms. The lowest BCUT2D eigenvalue weighted by atomic mass is 9.85. The Morgan fingerprint density at radius 2 is 1.94 bits per heavy atom. The average molecular weight is 491 g/mol. The smallest absolute Gasteiger partial charge is 0.272 e. The van der Waals surface area contributed by atoms with E-state index in [9.17, 15) is 23.5 Å². The third-order valence-electron chi connectivity index (χ3n) is 6.76. The molecule has 1 saturated heterocycles. The number of carbonyl (C=O) groups is 2. The molecule has 3 heterocycles. The van der Waals surface area contributed by atoms with Crippen molar-refractivity contribution in [3.8, 4) is 5.69 Å². The molecule has 2 aromatic rings. The summed E-state index contributed by atoms with van der Waals surface area (Å²) in [6.07, 6.45) is 1.89. The van der Waals surface area contributed by atoms with Crippen molar-refractivity contribution in [3.05, 3.63) is 46.8 Å². The van der Waals surface area contributed by atoms with E-state index in [1.54, 1.807) is 4.90 Å². The van der Waals surface area contributed by atoms with E-state index in [1.807, 2.05) is 20.8 Å². The molecule has 0 aliphatic carbocycles. The first-order chi connectivity index (χ1) is 16.6. The summed E-state index contributed by atoms with van der Waals surface area (Å²) in [5, 5.41) is 16.7. The number of nitrogens with one attached hydrogen (secondary N) is 1. The van der Waals surface area contributed by atoms with Crippen molar-refractivity contribution in [1.29, 1.82) is 0 Å². The number of carbonyl (C=O) groups excluding carboxylic acids is 2. The third kappa shape index (κ3) is 5.23. The van der Waals surface area contributed by atoms with E-state index in [0.717, 1.165) is 25.0 Å². The molecule has 1 atom stereocenters. The first kappa shape index (κ1) is 25.2. The molecule has 2 aliphatic rings. The van der Waals surface area contributed by atoms with Crippen LogP contribution < -0.4 is 5.32 Å². The van der Waals surface area contributed by atoms with E-state index in [0.29, 0.717) is 43.1 Å². The van der Waals surface area contributed by atoms with Crippen molar-refractivity contribution in [1.82, 2.24) is 20.0 Å². The van der Waals surface area contributed by atoms with E-state index < -0.39 is 29.0 Å². The first-order valence-electron chi connectivity index (χ1n) is 11.9. The topological polar surface area (TPSA) is 96.7 Å². The molecule has 2 aliphatic heterocycles. The van der Waals surface area contributed by atoms with Gasteiger partial charge in [0, 0.05) is 37.7 Å². The van der Waals surface area contributed by atoms with Crippen LogP contribution in [0.15, 0.2) is 18.2 Å². The Hall–Kier alpha value is -2.85. The molecule has 0 radical (unpaired) electrons. The zero-order chi connectivity index (χ0) is 25.3. The van der Waals surface area contributed by atoms with Crippen LogP contribution in [0.2, 0.25) is 0 Å². The molecule has 35 heavy (non-hydrogen) atoms. The Balaban J connectivity index is 1.61. The number of benzene rings is 1. The highest BCUT2D eigenvalue weighted by atomic mass is 19.2. The Morgan fingerprint density at radius 3 is 2.57 bits per heavy atom. The van der Waals surface area contributed by atoms with Crippen LogP contribution in [-0.2, 0) is 22.6 Å². The summed E-state index contributed by atoms with van der Waals surface area (Å²) in [5.74, 6) is -2.48. The number of fused-ring (bicyclic) bond motifs is 1. The second kappa shape index (κ2) is 10.0. The lowest BCUT2D eigenvalue weighted by Crippen LogP contribution is -2.56. The van der Waals surface area contributed by atoms with Crippen LogP contribution in [0.25, 0.3) is 5.69 Å². The van der Waals surface area contributed by atoms with Crippen LogP contribution in [-0.4, -0.2) is 63.9 Å². The van der Waals surface area contributed by atoms with Crippen molar-refractivity contribution in [2.75, 3.05) is 26.3 Å². The maximum Gasteiger partial charge on any atom is 0.272 e. The number of nitrogens with zero attached hydrogens (tertiary/aromatic N) is 3. The van der Waals surface area contributed by atoms with Crippen LogP contribution in [0.3, 0.4) is 0 Å². The number of halogens is 2. The molecule has 0 bridgehead atoms. The fourth-order valence-electron chi connectivity index (χ4n) is 4.62. The van der Waals surface area contributed by atoms with Gasteiger partial charge in [0.05, 0.1) is 24.6 Å². The summed E-state index contributed by atoms with van der Waals surface area (Å²) in [5.41, 5.74) is 1.10. The zero-order valence-corrected chi connectivity index (χ0v) is 20.3. The van der Waals surface area contributed by atoms with Gasteiger partial charge >= 0.3 is 0 Å². The minimum absolute atomic E-state index is 0.102. The van der Waals surface area contributed by atoms with Gasteiger partial charge in [-0.1, -0.05) is 20.8 Å². The summed E-state index contributed by atoms with van der Waals surface area (Å²) in [7, 11) is 0. The molecule has 190 valence electrons. The van der Waals surface area contributed by atoms with Gasteiger partial charge in [0.1, 0.15) is 6.04 Å². The maximum atomic E-state index is 13.9. The number of hydrogen-bond acceptors (Lipinski definition) is 5. The highest BCUT2D eigenvalue weighted by Crippen LogP contribution is 2.27. The molecule has 2 amide bonds. The van der Waals surface area contributed by atoms with Gasteiger partial charge in [-0.15, -0.1) is 0 Å². The number of rotatable bonds is 5. The van der Waals surface area contributed by atoms with Gasteiger partial charge < -0.3 is 20.1 Å². The molecular formula is C25H32F2N4O4. The summed E-state index contributed by atoms with van der Waals surface area (Å²) in [4.78, 5) is 28.6. The van der Waals surface area contributed by atoms with Gasteiger partial charge in [-0.3, -0.25) is 9.59 Å². The minimum Gasteiger partial charge on any atom is -0.396 e. The van der Waals surface area contributed by atoms with Crippen molar-refractivity contribution < 1.29 is 28.2 Å². The Morgan fingerprint density at radius 1 is 1.23 bits per heavy atom. The second-order valence-electron chi connectivity index (χ2n) is 10.3. The van der Waals surface area contributed by atoms with Crippen LogP contribution in [0.4, 0.5) is 8.78 Å². The van der Waals surface area contributed by atoms with Crippen LogP contribution >= 0.6 is 0 Å². The fraction of sp³-hybridized carbons (Fsp3) is 0.560. The molecule has 1 fully saturated rings. The second-order valence-corrected chi connectivity index (χ2v) is 10.3. The largest absolute Gasteiger partial charge is 0.396 e. The van der Waals surface area contributed by atoms with Crippen molar-refractivity contribution in [2.24, 2.45) is 11.3 Å². The van der Waals surface area contributed by atoms with E-state index in [-0.39, 0.29) is 30.7 Å². The van der Waals surface area contributed by atoms with Gasteiger partial charge in [-0.2, -0.15) is 5.10 Å². The maximum absolute atomic E-state index is 13.9. The number of likely N-dealkylation sites (tertiary alicyclic amines) is 1. The molecule has 4 rings (SSSR count). The zero-order valence-electron chi connectivity index (χ0n) is 20.3. The minimum atomic E-state index is -1.01. The van der Waals surface area contributed by atoms with Gasteiger partial charge in [-0.25, -0.2) is 13.5 Å². The number of amides is 2. The molecule has 0 saturated carbocycles. The van der Waals surface area contributed by atoms with Crippen molar-refractivity contribution in [3.63, 3.8) is 0 Å². The molecule has 8 nitrogen and oxygen atoms in total. The lowest BCUT2D eigenvalue weighted by molar-refractivity contribution is -0.137. The number of aliphatic hydroxyl groups excluding tert-OH is 1. The van der Waals surface area contributed by atoms with Crippen LogP contribution in [0, 0.1) is 23.0 Å². The average Bonchev–Trinajstić information content (AvgIpc) is 3.23. The lowest BCUT2D eigenvalue weighted by Gasteiger charge is -2.38. The summed E-state index contributed by atoms with van der Waals surface area (Å²) in [6, 6.07) is 2.66. The van der Waals surface area contributed by atoms with E-state index in [4.69, 9.17) is 4.74 Å². The molecular weight excluding hydrogens is 458 g/mol. The molecule has 1 aromatic heterocycles. The molecule has 1 aromatic carbocycles. The molecule has 0 unspecified atom stereocenters. The highest BCUT2D eigenvalue weighted by Gasteiger charge is 2.38. The monoisotopic (exact) mass is 490 g/mol. The van der Waals surface area contributed by atoms with Crippen LogP contribution in [0.5, 0.6) is 0 Å². The van der Waals surface area contributed by atoms with E-state index in [2.05, 4.69) is 10.4 Å². The van der Waals surface area contributed by atoms with Crippen molar-refractivity contribution >= 4 is 11.8 Å². The summed E-state index contributed by atoms with van der Waals surface area (Å²) >= 11 is 0. The number of aliphatic hydroxyl groups is 1. The Bertz CT molecular complexity index is 1100.